The zero-order chi connectivity index (χ0) is 26.7. The van der Waals surface area contributed by atoms with Gasteiger partial charge in [0.2, 0.25) is 5.60 Å². The first kappa shape index (κ1) is 26.2. The lowest BCUT2D eigenvalue weighted by atomic mass is 9.89. The topological polar surface area (TPSA) is 91.7 Å². The van der Waals surface area contributed by atoms with E-state index < -0.39 is 5.60 Å². The number of hydrogen-bond donors (Lipinski definition) is 1. The summed E-state index contributed by atoms with van der Waals surface area (Å²) in [4.78, 5) is 36.2. The molecule has 2 unspecified atom stereocenters. The third-order valence-corrected chi connectivity index (χ3v) is 8.20. The first-order chi connectivity index (χ1) is 18.4. The number of benzene rings is 2. The van der Waals surface area contributed by atoms with E-state index in [0.717, 1.165) is 37.7 Å². The van der Waals surface area contributed by atoms with Gasteiger partial charge in [-0.05, 0) is 68.7 Å². The van der Waals surface area contributed by atoms with E-state index in [1.54, 1.807) is 25.0 Å². The summed E-state index contributed by atoms with van der Waals surface area (Å²) < 4.78 is 5.54. The second kappa shape index (κ2) is 11.2. The Balaban J connectivity index is 1.26. The Hall–Kier alpha value is -3.39. The number of hydrogen-bond acceptors (Lipinski definition) is 6. The third-order valence-electron chi connectivity index (χ3n) is 8.20. The predicted molar refractivity (Wildman–Crippen MR) is 144 cm³/mol. The van der Waals surface area contributed by atoms with E-state index in [1.807, 2.05) is 23.1 Å². The van der Waals surface area contributed by atoms with Gasteiger partial charge in [0.05, 0.1) is 31.0 Å². The number of methoxy groups -OCH3 is 1. The van der Waals surface area contributed by atoms with Crippen LogP contribution in [0.3, 0.4) is 0 Å². The molecule has 8 heteroatoms. The van der Waals surface area contributed by atoms with Crippen LogP contribution < -0.4 is 4.74 Å². The van der Waals surface area contributed by atoms with Crippen molar-refractivity contribution in [1.29, 1.82) is 0 Å². The van der Waals surface area contributed by atoms with Crippen molar-refractivity contribution in [2.45, 2.75) is 57.1 Å². The molecule has 8 nitrogen and oxygen atoms in total. The normalized spacial score (nSPS) is 23.8. The number of aliphatic hydroxyl groups excluding tert-OH is 1. The maximum Gasteiger partial charge on any atom is 0.270 e. The fourth-order valence-electron chi connectivity index (χ4n) is 5.92. The summed E-state index contributed by atoms with van der Waals surface area (Å²) in [6, 6.07) is 15.8. The van der Waals surface area contributed by atoms with Gasteiger partial charge in [0.25, 0.3) is 11.8 Å². The highest BCUT2D eigenvalue weighted by Crippen LogP contribution is 2.33. The average molecular weight is 520 g/mol. The molecule has 0 bridgehead atoms. The van der Waals surface area contributed by atoms with E-state index in [9.17, 15) is 14.7 Å². The number of rotatable bonds is 7. The van der Waals surface area contributed by atoms with Crippen LogP contribution in [-0.2, 0) is 16.1 Å². The summed E-state index contributed by atoms with van der Waals surface area (Å²) in [5.41, 5.74) is 2.07. The van der Waals surface area contributed by atoms with Crippen molar-refractivity contribution >= 4 is 17.5 Å². The Bertz CT molecular complexity index is 1190. The van der Waals surface area contributed by atoms with Crippen LogP contribution in [0.25, 0.3) is 0 Å². The molecule has 2 aromatic carbocycles. The molecule has 3 heterocycles. The molecule has 2 fully saturated rings. The van der Waals surface area contributed by atoms with Gasteiger partial charge in [0, 0.05) is 31.6 Å². The molecule has 0 radical (unpaired) electrons. The van der Waals surface area contributed by atoms with Gasteiger partial charge >= 0.3 is 0 Å². The number of nitrogens with zero attached hydrogens (tertiary/aromatic N) is 3. The molecule has 2 amide bonds. The lowest BCUT2D eigenvalue weighted by Gasteiger charge is -2.32. The van der Waals surface area contributed by atoms with Gasteiger partial charge in [-0.15, -0.1) is 0 Å². The number of aliphatic hydroxyl groups is 1. The number of amides is 2. The van der Waals surface area contributed by atoms with Crippen LogP contribution in [0.1, 0.15) is 60.5 Å². The molecule has 0 aromatic heterocycles. The van der Waals surface area contributed by atoms with Gasteiger partial charge < -0.3 is 24.5 Å². The van der Waals surface area contributed by atoms with Crippen molar-refractivity contribution < 1.29 is 24.3 Å². The molecule has 0 saturated carbocycles. The zero-order valence-corrected chi connectivity index (χ0v) is 22.3. The SMILES string of the molecule is COc1ccc(C2=NOC(C)(C(=O)N3CCCC3CO)C2)cc1C(=O)N1CCC(Cc2ccccc2)CC1. The van der Waals surface area contributed by atoms with Gasteiger partial charge in [-0.1, -0.05) is 35.5 Å². The molecule has 0 aliphatic carbocycles. The predicted octanol–water partition coefficient (Wildman–Crippen LogP) is 3.66. The maximum absolute atomic E-state index is 13.6. The molecular weight excluding hydrogens is 482 g/mol. The van der Waals surface area contributed by atoms with Crippen molar-refractivity contribution in [3.05, 3.63) is 65.2 Å². The van der Waals surface area contributed by atoms with Gasteiger partial charge in [-0.3, -0.25) is 9.59 Å². The van der Waals surface area contributed by atoms with Crippen LogP contribution >= 0.6 is 0 Å². The lowest BCUT2D eigenvalue weighted by molar-refractivity contribution is -0.154. The molecule has 3 aliphatic rings. The van der Waals surface area contributed by atoms with Gasteiger partial charge in [-0.25, -0.2) is 0 Å². The summed E-state index contributed by atoms with van der Waals surface area (Å²) in [6.07, 6.45) is 4.93. The highest BCUT2D eigenvalue weighted by atomic mass is 16.7. The molecular formula is C30H37N3O5. The van der Waals surface area contributed by atoms with Crippen molar-refractivity contribution in [3.63, 3.8) is 0 Å². The number of ether oxygens (including phenoxy) is 1. The lowest BCUT2D eigenvalue weighted by Crippen LogP contribution is -2.50. The summed E-state index contributed by atoms with van der Waals surface area (Å²) in [5, 5.41) is 13.9. The van der Waals surface area contributed by atoms with Crippen molar-refractivity contribution in [2.24, 2.45) is 11.1 Å². The molecule has 202 valence electrons. The van der Waals surface area contributed by atoms with Crippen LogP contribution in [0, 0.1) is 5.92 Å². The van der Waals surface area contributed by atoms with Crippen LogP contribution in [0.5, 0.6) is 5.75 Å². The molecule has 5 rings (SSSR count). The first-order valence-corrected chi connectivity index (χ1v) is 13.6. The summed E-state index contributed by atoms with van der Waals surface area (Å²) >= 11 is 0. The van der Waals surface area contributed by atoms with E-state index in [2.05, 4.69) is 29.4 Å². The molecule has 2 saturated heterocycles. The molecule has 0 spiro atoms. The Morgan fingerprint density at radius 3 is 2.58 bits per heavy atom. The number of oxime groups is 1. The van der Waals surface area contributed by atoms with E-state index in [-0.39, 0.29) is 24.5 Å². The smallest absolute Gasteiger partial charge is 0.270 e. The Morgan fingerprint density at radius 1 is 1.11 bits per heavy atom. The van der Waals surface area contributed by atoms with Crippen molar-refractivity contribution in [3.8, 4) is 5.75 Å². The minimum Gasteiger partial charge on any atom is -0.496 e. The summed E-state index contributed by atoms with van der Waals surface area (Å²) in [6.45, 7) is 3.72. The molecule has 2 atom stereocenters. The quantitative estimate of drug-likeness (QED) is 0.603. The first-order valence-electron chi connectivity index (χ1n) is 13.6. The minimum atomic E-state index is -1.13. The standard InChI is InChI=1S/C30H37N3O5/c1-30(29(36)33-14-6-9-24(33)20-34)19-26(31-38-30)23-10-11-27(37-2)25(18-23)28(35)32-15-12-22(13-16-32)17-21-7-4-3-5-8-21/h3-5,7-8,10-11,18,22,24,34H,6,9,12-17,19-20H2,1-2H3. The molecule has 1 N–H and O–H groups in total. The second-order valence-electron chi connectivity index (χ2n) is 10.9. The highest BCUT2D eigenvalue weighted by Gasteiger charge is 2.47. The number of piperidine rings is 1. The van der Waals surface area contributed by atoms with E-state index in [4.69, 9.17) is 9.57 Å². The van der Waals surface area contributed by atoms with Gasteiger partial charge in [0.15, 0.2) is 0 Å². The fourth-order valence-corrected chi connectivity index (χ4v) is 5.92. The fraction of sp³-hybridized carbons (Fsp3) is 0.500. The number of carbonyl (C=O) groups excluding carboxylic acids is 2. The molecule has 3 aliphatic heterocycles. The van der Waals surface area contributed by atoms with Crippen LogP contribution in [0.2, 0.25) is 0 Å². The Labute approximate surface area is 224 Å². The average Bonchev–Trinajstić information content (AvgIpc) is 3.60. The Kier molecular flexibility index (Phi) is 7.70. The van der Waals surface area contributed by atoms with Crippen LogP contribution in [0.4, 0.5) is 0 Å². The minimum absolute atomic E-state index is 0.0526. The highest BCUT2D eigenvalue weighted by molar-refractivity contribution is 6.07. The largest absolute Gasteiger partial charge is 0.496 e. The number of carbonyl (C=O) groups is 2. The van der Waals surface area contributed by atoms with Crippen LogP contribution in [-0.4, -0.2) is 77.4 Å². The van der Waals surface area contributed by atoms with E-state index in [1.165, 1.54) is 5.56 Å². The number of likely N-dealkylation sites (tertiary alicyclic amines) is 2. The van der Waals surface area contributed by atoms with E-state index >= 15 is 0 Å². The zero-order valence-electron chi connectivity index (χ0n) is 22.3. The van der Waals surface area contributed by atoms with Crippen molar-refractivity contribution in [1.82, 2.24) is 9.80 Å². The summed E-state index contributed by atoms with van der Waals surface area (Å²) in [7, 11) is 1.57. The Morgan fingerprint density at radius 2 is 1.87 bits per heavy atom. The van der Waals surface area contributed by atoms with Crippen LogP contribution in [0.15, 0.2) is 53.7 Å². The molecule has 38 heavy (non-hydrogen) atoms. The molecule has 2 aromatic rings. The van der Waals surface area contributed by atoms with Crippen molar-refractivity contribution in [2.75, 3.05) is 33.4 Å². The maximum atomic E-state index is 13.6. The monoisotopic (exact) mass is 519 g/mol. The summed E-state index contributed by atoms with van der Waals surface area (Å²) in [5.74, 6) is 0.876. The third kappa shape index (κ3) is 5.27. The van der Waals surface area contributed by atoms with E-state index in [0.29, 0.717) is 49.0 Å². The van der Waals surface area contributed by atoms with Gasteiger partial charge in [-0.2, -0.15) is 0 Å². The second-order valence-corrected chi connectivity index (χ2v) is 10.9. The van der Waals surface area contributed by atoms with Gasteiger partial charge in [0.1, 0.15) is 5.75 Å².